The first-order valence-electron chi connectivity index (χ1n) is 6.15. The van der Waals surface area contributed by atoms with Gasteiger partial charge in [0.1, 0.15) is 5.82 Å². The first kappa shape index (κ1) is 11.2. The predicted octanol–water partition coefficient (Wildman–Crippen LogP) is 2.68. The molecule has 1 heterocycles. The van der Waals surface area contributed by atoms with Crippen molar-refractivity contribution in [3.63, 3.8) is 0 Å². The molecule has 1 aliphatic carbocycles. The van der Waals surface area contributed by atoms with E-state index in [1.165, 1.54) is 19.3 Å². The van der Waals surface area contributed by atoms with E-state index in [1.807, 2.05) is 12.1 Å². The van der Waals surface area contributed by atoms with E-state index in [2.05, 4.69) is 23.7 Å². The maximum Gasteiger partial charge on any atom is 0.128 e. The van der Waals surface area contributed by atoms with Gasteiger partial charge >= 0.3 is 0 Å². The van der Waals surface area contributed by atoms with Gasteiger partial charge in [0.2, 0.25) is 0 Å². The number of hydrogen-bond acceptors (Lipinski definition) is 3. The summed E-state index contributed by atoms with van der Waals surface area (Å²) in [7, 11) is 0. The van der Waals surface area contributed by atoms with Crippen molar-refractivity contribution in [3.8, 4) is 0 Å². The highest BCUT2D eigenvalue weighted by Gasteiger charge is 2.29. The molecule has 1 saturated carbocycles. The van der Waals surface area contributed by atoms with Crippen LogP contribution in [0.2, 0.25) is 0 Å². The van der Waals surface area contributed by atoms with Crippen LogP contribution in [0.25, 0.3) is 0 Å². The Balaban J connectivity index is 2.03. The summed E-state index contributed by atoms with van der Waals surface area (Å²) in [4.78, 5) is 6.85. The Labute approximate surface area is 97.7 Å². The smallest absolute Gasteiger partial charge is 0.128 e. The van der Waals surface area contributed by atoms with Crippen molar-refractivity contribution in [1.29, 1.82) is 0 Å². The molecule has 1 aromatic heterocycles. The molecule has 0 aromatic carbocycles. The lowest BCUT2D eigenvalue weighted by Gasteiger charge is -2.24. The third-order valence-electron chi connectivity index (χ3n) is 3.00. The molecule has 16 heavy (non-hydrogen) atoms. The first-order chi connectivity index (χ1) is 7.66. The summed E-state index contributed by atoms with van der Waals surface area (Å²) in [5.74, 6) is 1.83. The fourth-order valence-electron chi connectivity index (χ4n) is 1.84. The maximum absolute atomic E-state index is 5.66. The average molecular weight is 219 g/mol. The number of pyridine rings is 1. The third-order valence-corrected chi connectivity index (χ3v) is 3.00. The van der Waals surface area contributed by atoms with Gasteiger partial charge in [-0.05, 0) is 37.3 Å². The highest BCUT2D eigenvalue weighted by molar-refractivity contribution is 5.47. The van der Waals surface area contributed by atoms with Crippen LogP contribution in [-0.4, -0.2) is 17.6 Å². The second kappa shape index (κ2) is 4.73. The molecule has 3 heteroatoms. The number of nitrogen functional groups attached to an aromatic ring is 1. The number of rotatable bonds is 5. The minimum absolute atomic E-state index is 0.717. The van der Waals surface area contributed by atoms with E-state index in [9.17, 15) is 0 Å². The maximum atomic E-state index is 5.66. The Morgan fingerprint density at radius 1 is 1.44 bits per heavy atom. The van der Waals surface area contributed by atoms with Crippen LogP contribution in [0.3, 0.4) is 0 Å². The molecule has 0 radical (unpaired) electrons. The molecule has 0 spiro atoms. The van der Waals surface area contributed by atoms with Gasteiger partial charge in [0.25, 0.3) is 0 Å². The van der Waals surface area contributed by atoms with Gasteiger partial charge in [-0.2, -0.15) is 0 Å². The summed E-state index contributed by atoms with van der Waals surface area (Å²) in [5.41, 5.74) is 6.40. The van der Waals surface area contributed by atoms with E-state index >= 15 is 0 Å². The summed E-state index contributed by atoms with van der Waals surface area (Å²) in [5, 5.41) is 0. The zero-order chi connectivity index (χ0) is 11.5. The molecule has 3 nitrogen and oxygen atoms in total. The number of nitrogens with two attached hydrogens (primary N) is 1. The summed E-state index contributed by atoms with van der Waals surface area (Å²) < 4.78 is 0. The summed E-state index contributed by atoms with van der Waals surface area (Å²) >= 11 is 0. The highest BCUT2D eigenvalue weighted by Crippen LogP contribution is 2.31. The van der Waals surface area contributed by atoms with Gasteiger partial charge < -0.3 is 10.6 Å². The van der Waals surface area contributed by atoms with Gasteiger partial charge in [-0.15, -0.1) is 0 Å². The lowest BCUT2D eigenvalue weighted by molar-refractivity contribution is 0.568. The van der Waals surface area contributed by atoms with E-state index in [1.54, 1.807) is 6.20 Å². The molecule has 0 amide bonds. The van der Waals surface area contributed by atoms with Crippen molar-refractivity contribution in [2.45, 2.75) is 39.2 Å². The van der Waals surface area contributed by atoms with Gasteiger partial charge in [0, 0.05) is 12.6 Å². The second-order valence-corrected chi connectivity index (χ2v) is 5.06. The van der Waals surface area contributed by atoms with Crippen molar-refractivity contribution in [3.05, 3.63) is 18.3 Å². The van der Waals surface area contributed by atoms with Gasteiger partial charge in [-0.25, -0.2) is 4.98 Å². The largest absolute Gasteiger partial charge is 0.397 e. The summed E-state index contributed by atoms with van der Waals surface area (Å²) in [6.07, 6.45) is 5.59. The fraction of sp³-hybridized carbons (Fsp3) is 0.615. The Hall–Kier alpha value is -1.25. The van der Waals surface area contributed by atoms with Crippen LogP contribution in [0.1, 0.15) is 33.1 Å². The first-order valence-corrected chi connectivity index (χ1v) is 6.15. The molecule has 0 bridgehead atoms. The standard InChI is InChI=1S/C13H21N3/c1-10(2)7-8-16(12-4-5-12)13-6-3-11(14)9-15-13/h3,6,9-10,12H,4-5,7-8,14H2,1-2H3. The van der Waals surface area contributed by atoms with Crippen LogP contribution >= 0.6 is 0 Å². The zero-order valence-corrected chi connectivity index (χ0v) is 10.2. The van der Waals surface area contributed by atoms with Gasteiger partial charge in [0.15, 0.2) is 0 Å². The van der Waals surface area contributed by atoms with E-state index in [0.717, 1.165) is 30.0 Å². The summed E-state index contributed by atoms with van der Waals surface area (Å²) in [6, 6.07) is 4.69. The van der Waals surface area contributed by atoms with E-state index in [4.69, 9.17) is 5.73 Å². The Bertz CT molecular complexity index is 328. The van der Waals surface area contributed by atoms with Gasteiger partial charge in [-0.1, -0.05) is 13.8 Å². The molecule has 0 unspecified atom stereocenters. The Morgan fingerprint density at radius 3 is 2.69 bits per heavy atom. The van der Waals surface area contributed by atoms with Crippen LogP contribution in [-0.2, 0) is 0 Å². The molecular formula is C13H21N3. The molecule has 1 aliphatic rings. The average Bonchev–Trinajstić information content (AvgIpc) is 3.04. The van der Waals surface area contributed by atoms with Crippen LogP contribution < -0.4 is 10.6 Å². The highest BCUT2D eigenvalue weighted by atomic mass is 15.2. The number of aromatic nitrogens is 1. The zero-order valence-electron chi connectivity index (χ0n) is 10.2. The van der Waals surface area contributed by atoms with Crippen molar-refractivity contribution in [2.24, 2.45) is 5.92 Å². The van der Waals surface area contributed by atoms with Gasteiger partial charge in [-0.3, -0.25) is 0 Å². The molecule has 2 N–H and O–H groups in total. The molecule has 0 aliphatic heterocycles. The molecule has 0 atom stereocenters. The summed E-state index contributed by atoms with van der Waals surface area (Å²) in [6.45, 7) is 5.64. The topological polar surface area (TPSA) is 42.1 Å². The minimum Gasteiger partial charge on any atom is -0.397 e. The fourth-order valence-corrected chi connectivity index (χ4v) is 1.84. The second-order valence-electron chi connectivity index (χ2n) is 5.06. The number of hydrogen-bond donors (Lipinski definition) is 1. The minimum atomic E-state index is 0.717. The lowest BCUT2D eigenvalue weighted by atomic mass is 10.1. The number of nitrogens with zero attached hydrogens (tertiary/aromatic N) is 2. The van der Waals surface area contributed by atoms with Gasteiger partial charge in [0.05, 0.1) is 11.9 Å². The van der Waals surface area contributed by atoms with Crippen molar-refractivity contribution < 1.29 is 0 Å². The predicted molar refractivity (Wildman–Crippen MR) is 68.5 cm³/mol. The molecule has 0 saturated heterocycles. The SMILES string of the molecule is CC(C)CCN(c1ccc(N)cn1)C1CC1. The van der Waals surface area contributed by atoms with Crippen molar-refractivity contribution in [2.75, 3.05) is 17.2 Å². The Kier molecular flexibility index (Phi) is 3.32. The van der Waals surface area contributed by atoms with Crippen LogP contribution in [0.15, 0.2) is 18.3 Å². The van der Waals surface area contributed by atoms with E-state index in [-0.39, 0.29) is 0 Å². The van der Waals surface area contributed by atoms with E-state index in [0.29, 0.717) is 0 Å². The van der Waals surface area contributed by atoms with E-state index < -0.39 is 0 Å². The lowest BCUT2D eigenvalue weighted by Crippen LogP contribution is -2.28. The van der Waals surface area contributed by atoms with Crippen molar-refractivity contribution in [1.82, 2.24) is 4.98 Å². The quantitative estimate of drug-likeness (QED) is 0.828. The number of anilines is 2. The molecular weight excluding hydrogens is 198 g/mol. The normalized spacial score (nSPS) is 15.4. The van der Waals surface area contributed by atoms with Crippen LogP contribution in [0.5, 0.6) is 0 Å². The van der Waals surface area contributed by atoms with Crippen molar-refractivity contribution >= 4 is 11.5 Å². The third kappa shape index (κ3) is 2.87. The molecule has 88 valence electrons. The molecule has 2 rings (SSSR count). The monoisotopic (exact) mass is 219 g/mol. The van der Waals surface area contributed by atoms with Crippen LogP contribution in [0, 0.1) is 5.92 Å². The molecule has 1 fully saturated rings. The van der Waals surface area contributed by atoms with Crippen LogP contribution in [0.4, 0.5) is 11.5 Å². The molecule has 1 aromatic rings. The Morgan fingerprint density at radius 2 is 2.19 bits per heavy atom.